The van der Waals surface area contributed by atoms with Crippen LogP contribution < -0.4 is 10.2 Å². The molecule has 8 nitrogen and oxygen atoms in total. The second-order valence-electron chi connectivity index (χ2n) is 5.87. The van der Waals surface area contributed by atoms with Crippen LogP contribution in [0.4, 0.5) is 10.6 Å². The first-order valence-electron chi connectivity index (χ1n) is 7.66. The van der Waals surface area contributed by atoms with Gasteiger partial charge >= 0.3 is 6.03 Å². The number of aryl methyl sites for hydroxylation is 1. The van der Waals surface area contributed by atoms with Crippen molar-refractivity contribution in [1.82, 2.24) is 30.0 Å². The highest BCUT2D eigenvalue weighted by Gasteiger charge is 2.32. The van der Waals surface area contributed by atoms with Crippen LogP contribution in [0.2, 0.25) is 0 Å². The van der Waals surface area contributed by atoms with E-state index in [1.54, 1.807) is 11.0 Å². The molecule has 2 aliphatic rings. The van der Waals surface area contributed by atoms with E-state index in [1.807, 2.05) is 18.1 Å². The first-order chi connectivity index (χ1) is 10.7. The van der Waals surface area contributed by atoms with Gasteiger partial charge in [-0.15, -0.1) is 0 Å². The molecule has 2 amide bonds. The molecule has 4 heterocycles. The number of aromatic nitrogens is 4. The Morgan fingerprint density at radius 3 is 3.05 bits per heavy atom. The summed E-state index contributed by atoms with van der Waals surface area (Å²) in [5, 5.41) is 8.13. The smallest absolute Gasteiger partial charge is 0.317 e. The predicted octanol–water partition coefficient (Wildman–Crippen LogP) is 0.357. The highest BCUT2D eigenvalue weighted by molar-refractivity contribution is 5.86. The molecular formula is C14H19N7O. The lowest BCUT2D eigenvalue weighted by atomic mass is 10.0. The Hall–Kier alpha value is -2.38. The maximum absolute atomic E-state index is 11.9. The van der Waals surface area contributed by atoms with E-state index in [9.17, 15) is 4.79 Å². The molecule has 0 unspecified atom stereocenters. The van der Waals surface area contributed by atoms with E-state index in [1.165, 1.54) is 0 Å². The number of rotatable bonds is 2. The lowest BCUT2D eigenvalue weighted by molar-refractivity contribution is 0.189. The predicted molar refractivity (Wildman–Crippen MR) is 81.6 cm³/mol. The summed E-state index contributed by atoms with van der Waals surface area (Å²) in [6.45, 7) is 3.31. The van der Waals surface area contributed by atoms with Crippen LogP contribution in [0.25, 0.3) is 11.0 Å². The van der Waals surface area contributed by atoms with Crippen molar-refractivity contribution in [2.45, 2.75) is 18.9 Å². The second-order valence-corrected chi connectivity index (χ2v) is 5.87. The maximum Gasteiger partial charge on any atom is 0.317 e. The van der Waals surface area contributed by atoms with E-state index in [4.69, 9.17) is 0 Å². The average molecular weight is 301 g/mol. The Balaban J connectivity index is 1.62. The fourth-order valence-corrected chi connectivity index (χ4v) is 3.44. The van der Waals surface area contributed by atoms with Crippen molar-refractivity contribution in [3.05, 3.63) is 12.5 Å². The van der Waals surface area contributed by atoms with Crippen LogP contribution in [0.15, 0.2) is 12.5 Å². The maximum atomic E-state index is 11.9. The van der Waals surface area contributed by atoms with Crippen LogP contribution in [-0.2, 0) is 7.05 Å². The van der Waals surface area contributed by atoms with E-state index in [0.717, 1.165) is 55.9 Å². The molecule has 2 saturated heterocycles. The van der Waals surface area contributed by atoms with E-state index in [0.29, 0.717) is 0 Å². The summed E-state index contributed by atoms with van der Waals surface area (Å²) in [6.07, 6.45) is 5.51. The lowest BCUT2D eigenvalue weighted by Gasteiger charge is -2.37. The van der Waals surface area contributed by atoms with Crippen molar-refractivity contribution in [3.63, 3.8) is 0 Å². The van der Waals surface area contributed by atoms with Gasteiger partial charge in [-0.2, -0.15) is 5.10 Å². The number of hydrogen-bond donors (Lipinski definition) is 1. The number of fused-ring (bicyclic) bond motifs is 1. The van der Waals surface area contributed by atoms with Crippen LogP contribution in [0.1, 0.15) is 12.8 Å². The lowest BCUT2D eigenvalue weighted by Crippen LogP contribution is -2.49. The summed E-state index contributed by atoms with van der Waals surface area (Å²) in [7, 11) is 1.88. The molecule has 1 atom stereocenters. The van der Waals surface area contributed by atoms with Gasteiger partial charge in [0.05, 0.1) is 17.6 Å². The van der Waals surface area contributed by atoms with Crippen LogP contribution in [0.3, 0.4) is 0 Å². The van der Waals surface area contributed by atoms with Crippen LogP contribution in [-0.4, -0.2) is 62.9 Å². The number of urea groups is 1. The summed E-state index contributed by atoms with van der Waals surface area (Å²) in [4.78, 5) is 24.9. The second kappa shape index (κ2) is 5.11. The number of piperidine rings is 1. The minimum atomic E-state index is 0.0565. The molecule has 0 aliphatic carbocycles. The monoisotopic (exact) mass is 301 g/mol. The molecule has 22 heavy (non-hydrogen) atoms. The molecule has 2 aromatic rings. The van der Waals surface area contributed by atoms with Crippen LogP contribution in [0.5, 0.6) is 0 Å². The Labute approximate surface area is 128 Å². The van der Waals surface area contributed by atoms with Crippen molar-refractivity contribution >= 4 is 22.9 Å². The van der Waals surface area contributed by atoms with Gasteiger partial charge in [-0.05, 0) is 12.8 Å². The molecule has 0 bridgehead atoms. The van der Waals surface area contributed by atoms with Gasteiger partial charge in [0.25, 0.3) is 0 Å². The first-order valence-corrected chi connectivity index (χ1v) is 7.66. The highest BCUT2D eigenvalue weighted by atomic mass is 16.2. The fourth-order valence-electron chi connectivity index (χ4n) is 3.44. The zero-order valence-electron chi connectivity index (χ0n) is 12.6. The molecule has 0 radical (unpaired) electrons. The number of carbonyl (C=O) groups is 1. The number of carbonyl (C=O) groups excluding carboxylic acids is 1. The highest BCUT2D eigenvalue weighted by Crippen LogP contribution is 2.26. The normalized spacial score (nSPS) is 22.4. The molecule has 0 saturated carbocycles. The molecular weight excluding hydrogens is 282 g/mol. The Morgan fingerprint density at radius 2 is 2.23 bits per heavy atom. The van der Waals surface area contributed by atoms with Crippen molar-refractivity contribution in [2.24, 2.45) is 7.05 Å². The molecule has 2 aromatic heterocycles. The molecule has 4 rings (SSSR count). The summed E-state index contributed by atoms with van der Waals surface area (Å²) < 4.78 is 1.76. The quantitative estimate of drug-likeness (QED) is 0.866. The van der Waals surface area contributed by atoms with Gasteiger partial charge in [-0.1, -0.05) is 0 Å². The van der Waals surface area contributed by atoms with E-state index in [-0.39, 0.29) is 12.1 Å². The van der Waals surface area contributed by atoms with Gasteiger partial charge in [-0.3, -0.25) is 4.68 Å². The Morgan fingerprint density at radius 1 is 1.32 bits per heavy atom. The number of nitrogens with zero attached hydrogens (tertiary/aromatic N) is 6. The Kier molecular flexibility index (Phi) is 3.09. The summed E-state index contributed by atoms with van der Waals surface area (Å²) >= 11 is 0. The minimum absolute atomic E-state index is 0.0565. The SMILES string of the molecule is Cn1ncc2c(N3CCC[C@H](N4CCNC4=O)C3)ncnc21. The zero-order valence-corrected chi connectivity index (χ0v) is 12.6. The zero-order chi connectivity index (χ0) is 15.1. The van der Waals surface area contributed by atoms with Crippen LogP contribution in [0, 0.1) is 0 Å². The number of nitrogens with one attached hydrogen (secondary N) is 1. The third-order valence-electron chi connectivity index (χ3n) is 4.54. The summed E-state index contributed by atoms with van der Waals surface area (Å²) in [5.74, 6) is 0.919. The Bertz CT molecular complexity index is 712. The first kappa shape index (κ1) is 13.3. The van der Waals surface area contributed by atoms with Gasteiger partial charge in [0.1, 0.15) is 12.1 Å². The van der Waals surface area contributed by atoms with Gasteiger partial charge in [0.2, 0.25) is 0 Å². The molecule has 0 spiro atoms. The molecule has 0 aromatic carbocycles. The van der Waals surface area contributed by atoms with Crippen molar-refractivity contribution in [1.29, 1.82) is 0 Å². The number of anilines is 1. The van der Waals surface area contributed by atoms with E-state index in [2.05, 4.69) is 25.3 Å². The fraction of sp³-hybridized carbons (Fsp3) is 0.571. The standard InChI is InChI=1S/C14H19N7O/c1-19-12-11(7-18-19)13(17-9-16-12)20-5-2-3-10(8-20)21-6-4-15-14(21)22/h7,9-10H,2-6,8H2,1H3,(H,15,22)/t10-/m0/s1. The average Bonchev–Trinajstić information content (AvgIpc) is 3.14. The van der Waals surface area contributed by atoms with Crippen molar-refractivity contribution in [2.75, 3.05) is 31.1 Å². The molecule has 2 fully saturated rings. The van der Waals surface area contributed by atoms with E-state index < -0.39 is 0 Å². The van der Waals surface area contributed by atoms with E-state index >= 15 is 0 Å². The number of hydrogen-bond acceptors (Lipinski definition) is 5. The topological polar surface area (TPSA) is 79.2 Å². The molecule has 116 valence electrons. The number of amides is 2. The molecule has 8 heteroatoms. The van der Waals surface area contributed by atoms with Gasteiger partial charge in [0, 0.05) is 33.2 Å². The van der Waals surface area contributed by atoms with Gasteiger partial charge < -0.3 is 15.1 Å². The van der Waals surface area contributed by atoms with Gasteiger partial charge in [-0.25, -0.2) is 14.8 Å². The third-order valence-corrected chi connectivity index (χ3v) is 4.54. The molecule has 1 N–H and O–H groups in total. The van der Waals surface area contributed by atoms with Crippen molar-refractivity contribution in [3.8, 4) is 0 Å². The third kappa shape index (κ3) is 2.06. The van der Waals surface area contributed by atoms with Crippen LogP contribution >= 0.6 is 0 Å². The van der Waals surface area contributed by atoms with Crippen molar-refractivity contribution < 1.29 is 4.79 Å². The minimum Gasteiger partial charge on any atom is -0.354 e. The largest absolute Gasteiger partial charge is 0.354 e. The van der Waals surface area contributed by atoms with Gasteiger partial charge in [0.15, 0.2) is 5.65 Å². The summed E-state index contributed by atoms with van der Waals surface area (Å²) in [5.41, 5.74) is 0.839. The molecule has 2 aliphatic heterocycles. The summed E-state index contributed by atoms with van der Waals surface area (Å²) in [6, 6.07) is 0.305.